The average molecular weight is 201 g/mol. The van der Waals surface area contributed by atoms with Crippen LogP contribution in [0.1, 0.15) is 26.7 Å². The predicted molar refractivity (Wildman–Crippen MR) is 53.8 cm³/mol. The number of hydrogen-bond donors (Lipinski definition) is 2. The molecule has 1 rings (SSSR count). The summed E-state index contributed by atoms with van der Waals surface area (Å²) in [7, 11) is 0. The monoisotopic (exact) mass is 200 g/mol. The molecule has 0 spiro atoms. The van der Waals surface area contributed by atoms with Gasteiger partial charge in [-0.05, 0) is 26.7 Å². The molecule has 0 amide bonds. The van der Waals surface area contributed by atoms with E-state index in [1.807, 2.05) is 0 Å². The van der Waals surface area contributed by atoms with Gasteiger partial charge in [-0.2, -0.15) is 0 Å². The van der Waals surface area contributed by atoms with Gasteiger partial charge < -0.3 is 11.1 Å². The quantitative estimate of drug-likeness (QED) is 0.620. The van der Waals surface area contributed by atoms with Gasteiger partial charge >= 0.3 is 0 Å². The van der Waals surface area contributed by atoms with Gasteiger partial charge in [0.05, 0.1) is 0 Å². The summed E-state index contributed by atoms with van der Waals surface area (Å²) < 4.78 is 0. The molecule has 1 aliphatic rings. The lowest BCUT2D eigenvalue weighted by molar-refractivity contribution is 0.281. The number of rotatable bonds is 0. The second-order valence-corrected chi connectivity index (χ2v) is 3.56. The van der Waals surface area contributed by atoms with Crippen LogP contribution in [-0.2, 0) is 0 Å². The first kappa shape index (κ1) is 14.0. The van der Waals surface area contributed by atoms with Gasteiger partial charge in [0, 0.05) is 18.1 Å². The van der Waals surface area contributed by atoms with Crippen molar-refractivity contribution in [3.05, 3.63) is 0 Å². The zero-order chi connectivity index (χ0) is 6.91. The van der Waals surface area contributed by atoms with E-state index in [0.29, 0.717) is 11.6 Å². The van der Waals surface area contributed by atoms with E-state index < -0.39 is 0 Å². The first-order valence-electron chi connectivity index (χ1n) is 3.61. The molecule has 0 aromatic rings. The van der Waals surface area contributed by atoms with Crippen molar-refractivity contribution < 1.29 is 0 Å². The van der Waals surface area contributed by atoms with Gasteiger partial charge in [-0.3, -0.25) is 0 Å². The standard InChI is InChI=1S/C7H16N2.2ClH/c1-7(2)4-3-6(8)5-9-7;;/h6,9H,3-5,8H2,1-2H3;2*1H/t6-;;/m1../s1. The third-order valence-electron chi connectivity index (χ3n) is 1.98. The van der Waals surface area contributed by atoms with Gasteiger partial charge in [-0.25, -0.2) is 0 Å². The fraction of sp³-hybridized carbons (Fsp3) is 1.00. The fourth-order valence-corrected chi connectivity index (χ4v) is 1.14. The number of hydrogen-bond acceptors (Lipinski definition) is 2. The molecule has 0 aliphatic carbocycles. The third-order valence-corrected chi connectivity index (χ3v) is 1.98. The van der Waals surface area contributed by atoms with Gasteiger partial charge in [-0.1, -0.05) is 0 Å². The summed E-state index contributed by atoms with van der Waals surface area (Å²) in [4.78, 5) is 0. The fourth-order valence-electron chi connectivity index (χ4n) is 1.14. The summed E-state index contributed by atoms with van der Waals surface area (Å²) in [5, 5.41) is 3.38. The summed E-state index contributed by atoms with van der Waals surface area (Å²) >= 11 is 0. The Labute approximate surface area is 81.1 Å². The molecule has 1 aliphatic heterocycles. The maximum absolute atomic E-state index is 5.69. The zero-order valence-corrected chi connectivity index (χ0v) is 8.73. The Morgan fingerprint density at radius 1 is 1.36 bits per heavy atom. The maximum Gasteiger partial charge on any atom is 0.0166 e. The normalized spacial score (nSPS) is 28.1. The molecule has 0 bridgehead atoms. The van der Waals surface area contributed by atoms with Crippen molar-refractivity contribution in [1.82, 2.24) is 5.32 Å². The van der Waals surface area contributed by atoms with E-state index >= 15 is 0 Å². The van der Waals surface area contributed by atoms with Crippen LogP contribution >= 0.6 is 24.8 Å². The number of nitrogens with one attached hydrogen (secondary N) is 1. The minimum atomic E-state index is 0. The van der Waals surface area contributed by atoms with Crippen LogP contribution in [0, 0.1) is 0 Å². The Morgan fingerprint density at radius 2 is 1.91 bits per heavy atom. The van der Waals surface area contributed by atoms with Crippen molar-refractivity contribution in [3.63, 3.8) is 0 Å². The smallest absolute Gasteiger partial charge is 0.0166 e. The molecule has 70 valence electrons. The summed E-state index contributed by atoms with van der Waals surface area (Å²) in [6.45, 7) is 5.42. The lowest BCUT2D eigenvalue weighted by atomic mass is 9.91. The summed E-state index contributed by atoms with van der Waals surface area (Å²) in [5.74, 6) is 0. The van der Waals surface area contributed by atoms with Gasteiger partial charge in [0.15, 0.2) is 0 Å². The largest absolute Gasteiger partial charge is 0.327 e. The van der Waals surface area contributed by atoms with Crippen LogP contribution in [-0.4, -0.2) is 18.1 Å². The van der Waals surface area contributed by atoms with Crippen LogP contribution in [0.3, 0.4) is 0 Å². The first-order valence-corrected chi connectivity index (χ1v) is 3.61. The molecule has 0 aromatic carbocycles. The Morgan fingerprint density at radius 3 is 2.18 bits per heavy atom. The van der Waals surface area contributed by atoms with Crippen molar-refractivity contribution in [2.45, 2.75) is 38.3 Å². The lowest BCUT2D eigenvalue weighted by Crippen LogP contribution is -2.51. The van der Waals surface area contributed by atoms with Gasteiger partial charge in [0.1, 0.15) is 0 Å². The molecule has 0 radical (unpaired) electrons. The predicted octanol–water partition coefficient (Wildman–Crippen LogP) is 1.32. The minimum absolute atomic E-state index is 0. The van der Waals surface area contributed by atoms with E-state index in [0.717, 1.165) is 6.54 Å². The van der Waals surface area contributed by atoms with E-state index in [1.165, 1.54) is 12.8 Å². The topological polar surface area (TPSA) is 38.0 Å². The Hall–Kier alpha value is 0.500. The lowest BCUT2D eigenvalue weighted by Gasteiger charge is -2.34. The highest BCUT2D eigenvalue weighted by Crippen LogP contribution is 2.16. The summed E-state index contributed by atoms with van der Waals surface area (Å²) in [6, 6.07) is 0.387. The maximum atomic E-state index is 5.69. The molecule has 0 aromatic heterocycles. The van der Waals surface area contributed by atoms with Gasteiger partial charge in [0.25, 0.3) is 0 Å². The van der Waals surface area contributed by atoms with Crippen molar-refractivity contribution in [3.8, 4) is 0 Å². The van der Waals surface area contributed by atoms with E-state index in [9.17, 15) is 0 Å². The van der Waals surface area contributed by atoms with Crippen molar-refractivity contribution in [1.29, 1.82) is 0 Å². The molecular weight excluding hydrogens is 183 g/mol. The van der Waals surface area contributed by atoms with Crippen LogP contribution in [0.5, 0.6) is 0 Å². The molecule has 2 nitrogen and oxygen atoms in total. The van der Waals surface area contributed by atoms with Crippen LogP contribution in [0.15, 0.2) is 0 Å². The van der Waals surface area contributed by atoms with Crippen molar-refractivity contribution in [2.24, 2.45) is 5.73 Å². The van der Waals surface area contributed by atoms with Crippen LogP contribution in [0.4, 0.5) is 0 Å². The average Bonchev–Trinajstić information content (AvgIpc) is 1.78. The molecule has 0 unspecified atom stereocenters. The Balaban J connectivity index is 0. The van der Waals surface area contributed by atoms with Crippen molar-refractivity contribution >= 4 is 24.8 Å². The zero-order valence-electron chi connectivity index (χ0n) is 7.09. The molecular formula is C7H18Cl2N2. The molecule has 1 heterocycles. The second kappa shape index (κ2) is 5.20. The van der Waals surface area contributed by atoms with Crippen LogP contribution in [0.2, 0.25) is 0 Å². The highest BCUT2D eigenvalue weighted by Gasteiger charge is 2.23. The van der Waals surface area contributed by atoms with E-state index in [2.05, 4.69) is 19.2 Å². The van der Waals surface area contributed by atoms with Crippen LogP contribution < -0.4 is 11.1 Å². The van der Waals surface area contributed by atoms with Gasteiger partial charge in [-0.15, -0.1) is 24.8 Å². The highest BCUT2D eigenvalue weighted by atomic mass is 35.5. The summed E-state index contributed by atoms with van der Waals surface area (Å²) in [6.07, 6.45) is 2.37. The molecule has 1 fully saturated rings. The van der Waals surface area contributed by atoms with E-state index in [4.69, 9.17) is 5.73 Å². The van der Waals surface area contributed by atoms with E-state index in [1.54, 1.807) is 0 Å². The Kier molecular flexibility index (Phi) is 6.64. The molecule has 1 atom stereocenters. The Bertz CT molecular complexity index is 96.6. The SMILES string of the molecule is CC1(C)CC[C@@H](N)CN1.Cl.Cl. The molecule has 4 heteroatoms. The number of nitrogens with two attached hydrogens (primary N) is 1. The number of halogens is 2. The van der Waals surface area contributed by atoms with E-state index in [-0.39, 0.29) is 24.8 Å². The molecule has 0 saturated carbocycles. The van der Waals surface area contributed by atoms with Gasteiger partial charge in [0.2, 0.25) is 0 Å². The minimum Gasteiger partial charge on any atom is -0.327 e. The molecule has 11 heavy (non-hydrogen) atoms. The second-order valence-electron chi connectivity index (χ2n) is 3.56. The summed E-state index contributed by atoms with van der Waals surface area (Å²) in [5.41, 5.74) is 6.02. The number of piperidine rings is 1. The third kappa shape index (κ3) is 4.86. The molecule has 3 N–H and O–H groups in total. The highest BCUT2D eigenvalue weighted by molar-refractivity contribution is 5.85. The van der Waals surface area contributed by atoms with Crippen molar-refractivity contribution in [2.75, 3.05) is 6.54 Å². The molecule has 1 saturated heterocycles. The van der Waals surface area contributed by atoms with Crippen LogP contribution in [0.25, 0.3) is 0 Å². The first-order chi connectivity index (χ1) is 4.10.